The first-order chi connectivity index (χ1) is 7.31. The molecular formula is C13H12O2. The van der Waals surface area contributed by atoms with Gasteiger partial charge in [-0.25, -0.2) is 4.79 Å². The molecule has 2 nitrogen and oxygen atoms in total. The van der Waals surface area contributed by atoms with E-state index in [1.165, 1.54) is 22.8 Å². The van der Waals surface area contributed by atoms with E-state index in [-0.39, 0.29) is 5.97 Å². The minimum absolute atomic E-state index is 0.361. The molecule has 2 rings (SSSR count). The number of allylic oxidation sites excluding steroid dienone is 7. The fourth-order valence-electron chi connectivity index (χ4n) is 1.69. The Bertz CT molecular complexity index is 420. The number of carbonyl (C=O) groups excluding carboxylic acids is 1. The fraction of sp³-hybridized carbons (Fsp3) is 0.154. The lowest BCUT2D eigenvalue weighted by molar-refractivity contribution is -0.137. The Morgan fingerprint density at radius 1 is 1.40 bits per heavy atom. The van der Waals surface area contributed by atoms with Gasteiger partial charge in [0.15, 0.2) is 0 Å². The van der Waals surface area contributed by atoms with Crippen LogP contribution in [0.15, 0.2) is 59.8 Å². The summed E-state index contributed by atoms with van der Waals surface area (Å²) in [7, 11) is 0. The molecule has 2 aliphatic rings. The molecule has 0 amide bonds. The van der Waals surface area contributed by atoms with Gasteiger partial charge in [-0.15, -0.1) is 0 Å². The molecule has 0 aromatic rings. The summed E-state index contributed by atoms with van der Waals surface area (Å²) in [4.78, 5) is 10.8. The van der Waals surface area contributed by atoms with Crippen LogP contribution in [0.3, 0.4) is 0 Å². The molecule has 0 atom stereocenters. The summed E-state index contributed by atoms with van der Waals surface area (Å²) in [5, 5.41) is 0. The lowest BCUT2D eigenvalue weighted by Crippen LogP contribution is -2.03. The number of hydrogen-bond donors (Lipinski definition) is 0. The number of esters is 1. The van der Waals surface area contributed by atoms with E-state index in [1.807, 2.05) is 6.08 Å². The Hall–Kier alpha value is -1.83. The molecule has 76 valence electrons. The predicted molar refractivity (Wildman–Crippen MR) is 59.2 cm³/mol. The molecule has 2 aliphatic carbocycles. The average molecular weight is 200 g/mol. The third kappa shape index (κ3) is 1.99. The molecule has 0 unspecified atom stereocenters. The van der Waals surface area contributed by atoms with Crippen LogP contribution < -0.4 is 0 Å². The van der Waals surface area contributed by atoms with Crippen molar-refractivity contribution >= 4 is 5.97 Å². The lowest BCUT2D eigenvalue weighted by Gasteiger charge is -2.05. The van der Waals surface area contributed by atoms with Crippen molar-refractivity contribution in [3.63, 3.8) is 0 Å². The molecule has 0 fully saturated rings. The Kier molecular flexibility index (Phi) is 2.68. The van der Waals surface area contributed by atoms with Crippen molar-refractivity contribution in [3.05, 3.63) is 59.8 Å². The summed E-state index contributed by atoms with van der Waals surface area (Å²) in [6, 6.07) is 0. The van der Waals surface area contributed by atoms with Crippen molar-refractivity contribution in [1.29, 1.82) is 0 Å². The van der Waals surface area contributed by atoms with Gasteiger partial charge in [-0.1, -0.05) is 37.0 Å². The van der Waals surface area contributed by atoms with Crippen molar-refractivity contribution in [2.24, 2.45) is 0 Å². The van der Waals surface area contributed by atoms with E-state index in [9.17, 15) is 4.79 Å². The van der Waals surface area contributed by atoms with Crippen LogP contribution >= 0.6 is 0 Å². The van der Waals surface area contributed by atoms with Gasteiger partial charge in [0.2, 0.25) is 0 Å². The van der Waals surface area contributed by atoms with Crippen LogP contribution in [-0.4, -0.2) is 12.6 Å². The maximum atomic E-state index is 10.8. The van der Waals surface area contributed by atoms with Gasteiger partial charge >= 0.3 is 5.97 Å². The zero-order valence-corrected chi connectivity index (χ0v) is 8.40. The van der Waals surface area contributed by atoms with Gasteiger partial charge in [-0.2, -0.15) is 0 Å². The molecule has 0 spiro atoms. The molecule has 2 heteroatoms. The summed E-state index contributed by atoms with van der Waals surface area (Å²) in [6.07, 6.45) is 12.3. The highest BCUT2D eigenvalue weighted by Gasteiger charge is 2.15. The Morgan fingerprint density at radius 3 is 3.07 bits per heavy atom. The average Bonchev–Trinajstić information content (AvgIpc) is 2.81. The molecule has 0 saturated carbocycles. The standard InChI is InChI=1S/C13H12O2/c1-2-13(14)15-9-8-11-7-6-10-4-3-5-12(10)11/h2-7H,1,8-9H2. The van der Waals surface area contributed by atoms with Crippen molar-refractivity contribution < 1.29 is 9.53 Å². The SMILES string of the molecule is C=CC(=O)OCCC1=CC=C2C=CC=C21. The van der Waals surface area contributed by atoms with E-state index >= 15 is 0 Å². The summed E-state index contributed by atoms with van der Waals surface area (Å²) in [5.41, 5.74) is 3.73. The van der Waals surface area contributed by atoms with Gasteiger partial charge in [0.1, 0.15) is 0 Å². The Balaban J connectivity index is 1.83. The summed E-state index contributed by atoms with van der Waals surface area (Å²) in [5.74, 6) is -0.361. The highest BCUT2D eigenvalue weighted by molar-refractivity contribution is 5.81. The molecule has 0 aromatic heterocycles. The molecule has 0 heterocycles. The molecule has 0 N–H and O–H groups in total. The van der Waals surface area contributed by atoms with Crippen LogP contribution in [-0.2, 0) is 9.53 Å². The third-order valence-electron chi connectivity index (χ3n) is 2.44. The van der Waals surface area contributed by atoms with E-state index in [4.69, 9.17) is 4.74 Å². The van der Waals surface area contributed by atoms with E-state index in [1.54, 1.807) is 0 Å². The van der Waals surface area contributed by atoms with Gasteiger partial charge in [0.25, 0.3) is 0 Å². The number of carbonyl (C=O) groups is 1. The van der Waals surface area contributed by atoms with Crippen LogP contribution in [0.1, 0.15) is 6.42 Å². The van der Waals surface area contributed by atoms with E-state index < -0.39 is 0 Å². The topological polar surface area (TPSA) is 26.3 Å². The first kappa shape index (κ1) is 9.71. The molecular weight excluding hydrogens is 188 g/mol. The molecule has 0 bridgehead atoms. The molecule has 0 saturated heterocycles. The van der Waals surface area contributed by atoms with Crippen LogP contribution in [0.25, 0.3) is 0 Å². The molecule has 0 radical (unpaired) electrons. The van der Waals surface area contributed by atoms with Crippen molar-refractivity contribution in [3.8, 4) is 0 Å². The zero-order valence-electron chi connectivity index (χ0n) is 8.40. The quantitative estimate of drug-likeness (QED) is 0.514. The van der Waals surface area contributed by atoms with Crippen LogP contribution in [0, 0.1) is 0 Å². The van der Waals surface area contributed by atoms with Crippen molar-refractivity contribution in [2.45, 2.75) is 6.42 Å². The van der Waals surface area contributed by atoms with Crippen molar-refractivity contribution in [2.75, 3.05) is 6.61 Å². The van der Waals surface area contributed by atoms with Gasteiger partial charge in [-0.05, 0) is 16.7 Å². The molecule has 15 heavy (non-hydrogen) atoms. The van der Waals surface area contributed by atoms with Gasteiger partial charge in [0, 0.05) is 12.5 Å². The van der Waals surface area contributed by atoms with Crippen molar-refractivity contribution in [1.82, 2.24) is 0 Å². The van der Waals surface area contributed by atoms with Crippen LogP contribution in [0.5, 0.6) is 0 Å². The number of fused-ring (bicyclic) bond motifs is 1. The first-order valence-electron chi connectivity index (χ1n) is 4.90. The van der Waals surface area contributed by atoms with Crippen LogP contribution in [0.2, 0.25) is 0 Å². The monoisotopic (exact) mass is 200 g/mol. The van der Waals surface area contributed by atoms with Gasteiger partial charge in [0.05, 0.1) is 6.61 Å². The maximum Gasteiger partial charge on any atom is 0.330 e. The third-order valence-corrected chi connectivity index (χ3v) is 2.44. The second kappa shape index (κ2) is 4.13. The highest BCUT2D eigenvalue weighted by Crippen LogP contribution is 2.32. The van der Waals surface area contributed by atoms with Crippen LogP contribution in [0.4, 0.5) is 0 Å². The second-order valence-electron chi connectivity index (χ2n) is 3.37. The van der Waals surface area contributed by atoms with E-state index in [2.05, 4.69) is 30.9 Å². The van der Waals surface area contributed by atoms with Gasteiger partial charge < -0.3 is 4.74 Å². The zero-order chi connectivity index (χ0) is 10.7. The second-order valence-corrected chi connectivity index (χ2v) is 3.37. The first-order valence-corrected chi connectivity index (χ1v) is 4.90. The van der Waals surface area contributed by atoms with Gasteiger partial charge in [-0.3, -0.25) is 0 Å². The van der Waals surface area contributed by atoms with E-state index in [0.717, 1.165) is 6.42 Å². The Labute approximate surface area is 88.9 Å². The molecule has 0 aliphatic heterocycles. The fourth-order valence-corrected chi connectivity index (χ4v) is 1.69. The van der Waals surface area contributed by atoms with E-state index in [0.29, 0.717) is 6.61 Å². The summed E-state index contributed by atoms with van der Waals surface area (Å²) in [6.45, 7) is 3.76. The number of rotatable bonds is 4. The highest BCUT2D eigenvalue weighted by atomic mass is 16.5. The smallest absolute Gasteiger partial charge is 0.330 e. The largest absolute Gasteiger partial charge is 0.462 e. The molecule has 0 aromatic carbocycles. The summed E-state index contributed by atoms with van der Waals surface area (Å²) < 4.78 is 4.93. The lowest BCUT2D eigenvalue weighted by atomic mass is 10.0. The number of hydrogen-bond acceptors (Lipinski definition) is 2. The maximum absolute atomic E-state index is 10.8. The summed E-state index contributed by atoms with van der Waals surface area (Å²) >= 11 is 0. The normalized spacial score (nSPS) is 16.7. The minimum atomic E-state index is -0.361. The Morgan fingerprint density at radius 2 is 2.27 bits per heavy atom. The minimum Gasteiger partial charge on any atom is -0.462 e. The number of ether oxygens (including phenoxy) is 1. The predicted octanol–water partition coefficient (Wildman–Crippen LogP) is 2.47.